The van der Waals surface area contributed by atoms with Crippen molar-refractivity contribution in [2.24, 2.45) is 0 Å². The maximum Gasteiger partial charge on any atom is 0.337 e. The molecule has 0 bridgehead atoms. The zero-order valence-electron chi connectivity index (χ0n) is 11.4. The fourth-order valence-electron chi connectivity index (χ4n) is 1.41. The van der Waals surface area contributed by atoms with Crippen LogP contribution in [-0.2, 0) is 14.3 Å². The Morgan fingerprint density at radius 1 is 1.20 bits per heavy atom. The SMILES string of the molecule is COC(=O)C(C=C(C)C(=O)O)=CC=Cc1ccccc1. The maximum atomic E-state index is 11.6. The summed E-state index contributed by atoms with van der Waals surface area (Å²) >= 11 is 0. The minimum atomic E-state index is -1.08. The number of hydrogen-bond acceptors (Lipinski definition) is 3. The van der Waals surface area contributed by atoms with Crippen molar-refractivity contribution in [3.63, 3.8) is 0 Å². The molecule has 0 saturated carbocycles. The summed E-state index contributed by atoms with van der Waals surface area (Å²) in [6, 6.07) is 9.55. The number of aliphatic carboxylic acids is 1. The van der Waals surface area contributed by atoms with E-state index < -0.39 is 11.9 Å². The van der Waals surface area contributed by atoms with Crippen LogP contribution in [0.4, 0.5) is 0 Å². The Kier molecular flexibility index (Phi) is 5.97. The van der Waals surface area contributed by atoms with Crippen LogP contribution in [0, 0.1) is 0 Å². The molecule has 20 heavy (non-hydrogen) atoms. The molecular formula is C16H16O4. The number of carboxylic acid groups (broad SMARTS) is 1. The van der Waals surface area contributed by atoms with Gasteiger partial charge in [-0.25, -0.2) is 9.59 Å². The predicted octanol–water partition coefficient (Wildman–Crippen LogP) is 2.83. The minimum Gasteiger partial charge on any atom is -0.478 e. The van der Waals surface area contributed by atoms with Crippen molar-refractivity contribution >= 4 is 18.0 Å². The van der Waals surface area contributed by atoms with E-state index in [0.717, 1.165) is 5.56 Å². The molecule has 0 amide bonds. The van der Waals surface area contributed by atoms with Crippen molar-refractivity contribution in [3.8, 4) is 0 Å². The molecule has 0 aliphatic heterocycles. The number of ether oxygens (including phenoxy) is 1. The summed E-state index contributed by atoms with van der Waals surface area (Å²) in [6.07, 6.45) is 6.29. The maximum absolute atomic E-state index is 11.6. The van der Waals surface area contributed by atoms with Crippen molar-refractivity contribution in [1.82, 2.24) is 0 Å². The van der Waals surface area contributed by atoms with Gasteiger partial charge in [-0.3, -0.25) is 0 Å². The van der Waals surface area contributed by atoms with Gasteiger partial charge in [0, 0.05) is 5.57 Å². The van der Waals surface area contributed by atoms with Gasteiger partial charge in [-0.1, -0.05) is 42.5 Å². The van der Waals surface area contributed by atoms with E-state index >= 15 is 0 Å². The van der Waals surface area contributed by atoms with Gasteiger partial charge in [0.15, 0.2) is 0 Å². The van der Waals surface area contributed by atoms with Crippen LogP contribution in [0.3, 0.4) is 0 Å². The molecule has 0 radical (unpaired) electrons. The van der Waals surface area contributed by atoms with Crippen LogP contribution >= 0.6 is 0 Å². The molecule has 1 aromatic carbocycles. The number of methoxy groups -OCH3 is 1. The van der Waals surface area contributed by atoms with Crippen molar-refractivity contribution in [3.05, 3.63) is 65.3 Å². The van der Waals surface area contributed by atoms with E-state index in [2.05, 4.69) is 4.74 Å². The van der Waals surface area contributed by atoms with E-state index in [0.29, 0.717) is 0 Å². The fourth-order valence-corrected chi connectivity index (χ4v) is 1.41. The Balaban J connectivity index is 2.97. The molecule has 0 aliphatic rings. The van der Waals surface area contributed by atoms with Crippen LogP contribution in [-0.4, -0.2) is 24.2 Å². The summed E-state index contributed by atoms with van der Waals surface area (Å²) in [5.74, 6) is -1.66. The lowest BCUT2D eigenvalue weighted by atomic mass is 10.1. The van der Waals surface area contributed by atoms with E-state index in [4.69, 9.17) is 5.11 Å². The number of carbonyl (C=O) groups is 2. The highest BCUT2D eigenvalue weighted by molar-refractivity contribution is 5.95. The first kappa shape index (κ1) is 15.4. The third kappa shape index (κ3) is 4.94. The first-order valence-electron chi connectivity index (χ1n) is 5.98. The third-order valence-electron chi connectivity index (χ3n) is 2.49. The lowest BCUT2D eigenvalue weighted by Crippen LogP contribution is -2.05. The standard InChI is InChI=1S/C16H16O4/c1-12(15(17)18)11-14(16(19)20-2)10-6-9-13-7-4-3-5-8-13/h3-11H,1-2H3,(H,17,18). The summed E-state index contributed by atoms with van der Waals surface area (Å²) in [7, 11) is 1.25. The Hall–Kier alpha value is -2.62. The Morgan fingerprint density at radius 3 is 2.40 bits per heavy atom. The second-order valence-corrected chi connectivity index (χ2v) is 4.02. The molecule has 4 nitrogen and oxygen atoms in total. The van der Waals surface area contributed by atoms with E-state index in [1.54, 1.807) is 6.08 Å². The molecule has 0 spiro atoms. The zero-order chi connectivity index (χ0) is 15.0. The second kappa shape index (κ2) is 7.74. The first-order valence-corrected chi connectivity index (χ1v) is 5.98. The molecule has 104 valence electrons. The van der Waals surface area contributed by atoms with Gasteiger partial charge in [0.2, 0.25) is 0 Å². The summed E-state index contributed by atoms with van der Waals surface area (Å²) < 4.78 is 4.62. The lowest BCUT2D eigenvalue weighted by molar-refractivity contribution is -0.135. The van der Waals surface area contributed by atoms with Gasteiger partial charge in [-0.15, -0.1) is 0 Å². The predicted molar refractivity (Wildman–Crippen MR) is 77.0 cm³/mol. The highest BCUT2D eigenvalue weighted by Gasteiger charge is 2.08. The van der Waals surface area contributed by atoms with Gasteiger partial charge in [0.1, 0.15) is 0 Å². The Morgan fingerprint density at radius 2 is 1.85 bits per heavy atom. The number of allylic oxidation sites excluding steroid dienone is 2. The average molecular weight is 272 g/mol. The molecule has 1 rings (SSSR count). The molecule has 4 heteroatoms. The van der Waals surface area contributed by atoms with Crippen LogP contribution in [0.25, 0.3) is 6.08 Å². The number of carbonyl (C=O) groups excluding carboxylic acids is 1. The molecule has 0 fully saturated rings. The highest BCUT2D eigenvalue weighted by atomic mass is 16.5. The van der Waals surface area contributed by atoms with Gasteiger partial charge in [0.05, 0.1) is 12.7 Å². The molecule has 0 unspecified atom stereocenters. The quantitative estimate of drug-likeness (QED) is 0.508. The summed E-state index contributed by atoms with van der Waals surface area (Å²) in [5.41, 5.74) is 1.22. The first-order chi connectivity index (χ1) is 9.54. The smallest absolute Gasteiger partial charge is 0.337 e. The van der Waals surface area contributed by atoms with Crippen molar-refractivity contribution in [2.45, 2.75) is 6.92 Å². The summed E-state index contributed by atoms with van der Waals surface area (Å²) in [5, 5.41) is 8.82. The van der Waals surface area contributed by atoms with Crippen molar-refractivity contribution < 1.29 is 19.4 Å². The average Bonchev–Trinajstić information content (AvgIpc) is 2.46. The van der Waals surface area contributed by atoms with Crippen molar-refractivity contribution in [2.75, 3.05) is 7.11 Å². The zero-order valence-corrected chi connectivity index (χ0v) is 11.4. The van der Waals surface area contributed by atoms with E-state index in [1.807, 2.05) is 36.4 Å². The van der Waals surface area contributed by atoms with E-state index in [9.17, 15) is 9.59 Å². The van der Waals surface area contributed by atoms with Crippen LogP contribution in [0.15, 0.2) is 59.7 Å². The third-order valence-corrected chi connectivity index (χ3v) is 2.49. The second-order valence-electron chi connectivity index (χ2n) is 4.02. The van der Waals surface area contributed by atoms with Gasteiger partial charge in [-0.2, -0.15) is 0 Å². The highest BCUT2D eigenvalue weighted by Crippen LogP contribution is 2.07. The molecule has 0 saturated heterocycles. The molecule has 0 heterocycles. The topological polar surface area (TPSA) is 63.6 Å². The number of carboxylic acids is 1. The Labute approximate surface area is 117 Å². The lowest BCUT2D eigenvalue weighted by Gasteiger charge is -2.00. The molecule has 0 atom stereocenters. The molecule has 1 aromatic rings. The number of hydrogen-bond donors (Lipinski definition) is 1. The summed E-state index contributed by atoms with van der Waals surface area (Å²) in [4.78, 5) is 22.3. The molecule has 0 aliphatic carbocycles. The minimum absolute atomic E-state index is 0.0646. The molecular weight excluding hydrogens is 256 g/mol. The van der Waals surface area contributed by atoms with Crippen LogP contribution < -0.4 is 0 Å². The van der Waals surface area contributed by atoms with Gasteiger partial charge >= 0.3 is 11.9 Å². The monoisotopic (exact) mass is 272 g/mol. The molecule has 0 aromatic heterocycles. The van der Waals surface area contributed by atoms with Crippen molar-refractivity contribution in [1.29, 1.82) is 0 Å². The van der Waals surface area contributed by atoms with Gasteiger partial charge in [-0.05, 0) is 24.6 Å². The Bertz CT molecular complexity index is 565. The largest absolute Gasteiger partial charge is 0.478 e. The van der Waals surface area contributed by atoms with Gasteiger partial charge in [0.25, 0.3) is 0 Å². The fraction of sp³-hybridized carbons (Fsp3) is 0.125. The summed E-state index contributed by atoms with van der Waals surface area (Å²) in [6.45, 7) is 1.42. The van der Waals surface area contributed by atoms with Crippen LogP contribution in [0.5, 0.6) is 0 Å². The van der Waals surface area contributed by atoms with Crippen LogP contribution in [0.1, 0.15) is 12.5 Å². The normalized spacial score (nSPS) is 12.5. The van der Waals surface area contributed by atoms with Gasteiger partial charge < -0.3 is 9.84 Å². The molecule has 1 N–H and O–H groups in total. The number of benzene rings is 1. The van der Waals surface area contributed by atoms with E-state index in [1.165, 1.54) is 26.2 Å². The number of rotatable bonds is 5. The van der Waals surface area contributed by atoms with Crippen LogP contribution in [0.2, 0.25) is 0 Å². The number of esters is 1. The van der Waals surface area contributed by atoms with E-state index in [-0.39, 0.29) is 11.1 Å².